The van der Waals surface area contributed by atoms with Gasteiger partial charge in [0.05, 0.1) is 10.7 Å². The molecule has 2 aromatic rings. The van der Waals surface area contributed by atoms with Gasteiger partial charge in [0.1, 0.15) is 0 Å². The molecule has 0 atom stereocenters. The molecule has 10 heteroatoms. The minimum Gasteiger partial charge on any atom is -0.368 e. The van der Waals surface area contributed by atoms with Crippen LogP contribution in [0.4, 0.5) is 11.4 Å². The van der Waals surface area contributed by atoms with Gasteiger partial charge >= 0.3 is 0 Å². The van der Waals surface area contributed by atoms with E-state index in [-0.39, 0.29) is 22.9 Å². The Morgan fingerprint density at radius 2 is 1.86 bits per heavy atom. The Balaban J connectivity index is 1.54. The number of carbonyl (C=O) groups is 1. The molecule has 1 aliphatic heterocycles. The molecule has 0 saturated carbocycles. The molecule has 148 valence electrons. The average molecular weight is 403 g/mol. The van der Waals surface area contributed by atoms with Crippen molar-refractivity contribution in [2.75, 3.05) is 36.8 Å². The summed E-state index contributed by atoms with van der Waals surface area (Å²) in [6, 6.07) is 7.90. The number of non-ortho nitro benzene ring substituents is 1. The molecule has 0 aliphatic carbocycles. The van der Waals surface area contributed by atoms with Gasteiger partial charge in [-0.15, -0.1) is 0 Å². The van der Waals surface area contributed by atoms with Crippen LogP contribution >= 0.6 is 11.8 Å². The Morgan fingerprint density at radius 1 is 1.21 bits per heavy atom. The zero-order valence-electron chi connectivity index (χ0n) is 15.7. The van der Waals surface area contributed by atoms with Gasteiger partial charge in [0, 0.05) is 62.8 Å². The van der Waals surface area contributed by atoms with Crippen molar-refractivity contribution in [3.05, 3.63) is 56.5 Å². The van der Waals surface area contributed by atoms with Gasteiger partial charge in [-0.3, -0.25) is 24.3 Å². The lowest BCUT2D eigenvalue weighted by Crippen LogP contribution is -2.49. The lowest BCUT2D eigenvalue weighted by Gasteiger charge is -2.36. The number of hydrogen-bond donors (Lipinski definition) is 0. The zero-order valence-corrected chi connectivity index (χ0v) is 16.5. The number of aryl methyl sites for hydroxylation is 1. The van der Waals surface area contributed by atoms with Gasteiger partial charge in [-0.1, -0.05) is 11.8 Å². The van der Waals surface area contributed by atoms with Gasteiger partial charge in [-0.2, -0.15) is 0 Å². The third kappa shape index (κ3) is 4.50. The van der Waals surface area contributed by atoms with E-state index in [1.807, 2.05) is 0 Å². The maximum Gasteiger partial charge on any atom is 0.269 e. The Bertz CT molecular complexity index is 936. The Kier molecular flexibility index (Phi) is 5.98. The Hall–Kier alpha value is -2.88. The SMILES string of the molecule is Cc1cc(=O)n(C)c(SCC(=O)N2CCN(c3ccc([N+](=O)[O-])cc3)CC2)n1. The molecule has 1 aromatic heterocycles. The van der Waals surface area contributed by atoms with Crippen LogP contribution in [0.15, 0.2) is 40.3 Å². The van der Waals surface area contributed by atoms with Crippen molar-refractivity contribution in [2.24, 2.45) is 7.05 Å². The van der Waals surface area contributed by atoms with E-state index in [4.69, 9.17) is 0 Å². The van der Waals surface area contributed by atoms with Gasteiger partial charge in [0.25, 0.3) is 11.2 Å². The van der Waals surface area contributed by atoms with Gasteiger partial charge in [-0.25, -0.2) is 4.98 Å². The van der Waals surface area contributed by atoms with E-state index in [0.717, 1.165) is 5.69 Å². The molecule has 1 aliphatic rings. The van der Waals surface area contributed by atoms with Crippen LogP contribution in [0, 0.1) is 17.0 Å². The van der Waals surface area contributed by atoms with Crippen LogP contribution in [0.1, 0.15) is 5.69 Å². The predicted molar refractivity (Wildman–Crippen MR) is 107 cm³/mol. The Labute approximate surface area is 166 Å². The number of nitrogens with zero attached hydrogens (tertiary/aromatic N) is 5. The standard InChI is InChI=1S/C18H21N5O4S/c1-13-11-16(24)20(2)18(19-13)28-12-17(25)22-9-7-21(8-10-22)14-3-5-15(6-4-14)23(26)27/h3-6,11H,7-10,12H2,1-2H3. The van der Waals surface area contributed by atoms with E-state index in [1.54, 1.807) is 31.0 Å². The molecule has 0 bridgehead atoms. The van der Waals surface area contributed by atoms with Gasteiger partial charge in [0.15, 0.2) is 5.16 Å². The second-order valence-corrected chi connectivity index (χ2v) is 7.45. The summed E-state index contributed by atoms with van der Waals surface area (Å²) in [5, 5.41) is 11.3. The number of benzene rings is 1. The van der Waals surface area contributed by atoms with E-state index in [9.17, 15) is 19.7 Å². The smallest absolute Gasteiger partial charge is 0.269 e. The maximum atomic E-state index is 12.5. The highest BCUT2D eigenvalue weighted by molar-refractivity contribution is 7.99. The molecule has 3 rings (SSSR count). The van der Waals surface area contributed by atoms with Crippen molar-refractivity contribution in [1.82, 2.24) is 14.5 Å². The molecular weight excluding hydrogens is 382 g/mol. The van der Waals surface area contributed by atoms with Crippen LogP contribution in [0.5, 0.6) is 0 Å². The van der Waals surface area contributed by atoms with Crippen molar-refractivity contribution in [2.45, 2.75) is 12.1 Å². The number of nitro benzene ring substituents is 1. The number of anilines is 1. The molecule has 0 unspecified atom stereocenters. The van der Waals surface area contributed by atoms with E-state index >= 15 is 0 Å². The van der Waals surface area contributed by atoms with Crippen LogP contribution in [0.3, 0.4) is 0 Å². The fraction of sp³-hybridized carbons (Fsp3) is 0.389. The first kappa shape index (κ1) is 19.9. The highest BCUT2D eigenvalue weighted by atomic mass is 32.2. The van der Waals surface area contributed by atoms with Crippen molar-refractivity contribution in [3.63, 3.8) is 0 Å². The summed E-state index contributed by atoms with van der Waals surface area (Å²) < 4.78 is 1.44. The highest BCUT2D eigenvalue weighted by Crippen LogP contribution is 2.21. The molecule has 28 heavy (non-hydrogen) atoms. The van der Waals surface area contributed by atoms with Crippen LogP contribution < -0.4 is 10.5 Å². The van der Waals surface area contributed by atoms with E-state index in [2.05, 4.69) is 9.88 Å². The minimum atomic E-state index is -0.420. The topological polar surface area (TPSA) is 102 Å². The number of thioether (sulfide) groups is 1. The van der Waals surface area contributed by atoms with Crippen molar-refractivity contribution < 1.29 is 9.72 Å². The van der Waals surface area contributed by atoms with Crippen LogP contribution in [-0.4, -0.2) is 57.2 Å². The minimum absolute atomic E-state index is 0.00380. The molecule has 2 heterocycles. The summed E-state index contributed by atoms with van der Waals surface area (Å²) in [7, 11) is 1.64. The van der Waals surface area contributed by atoms with E-state index in [1.165, 1.54) is 34.5 Å². The monoisotopic (exact) mass is 403 g/mol. The summed E-state index contributed by atoms with van der Waals surface area (Å²) in [5.41, 5.74) is 1.47. The third-order valence-corrected chi connectivity index (χ3v) is 5.62. The largest absolute Gasteiger partial charge is 0.368 e. The van der Waals surface area contributed by atoms with Crippen molar-refractivity contribution in [3.8, 4) is 0 Å². The van der Waals surface area contributed by atoms with Gasteiger partial charge < -0.3 is 9.80 Å². The average Bonchev–Trinajstić information content (AvgIpc) is 2.69. The second kappa shape index (κ2) is 8.42. The lowest BCUT2D eigenvalue weighted by atomic mass is 10.2. The predicted octanol–water partition coefficient (Wildman–Crippen LogP) is 1.44. The first-order valence-corrected chi connectivity index (χ1v) is 9.78. The fourth-order valence-electron chi connectivity index (χ4n) is 2.97. The molecule has 1 aromatic carbocycles. The Morgan fingerprint density at radius 3 is 2.46 bits per heavy atom. The van der Waals surface area contributed by atoms with Gasteiger partial charge in [0.2, 0.25) is 5.91 Å². The quantitative estimate of drug-likeness (QED) is 0.322. The number of aromatic nitrogens is 2. The molecule has 1 saturated heterocycles. The molecular formula is C18H21N5O4S. The lowest BCUT2D eigenvalue weighted by molar-refractivity contribution is -0.384. The first-order chi connectivity index (χ1) is 13.3. The van der Waals surface area contributed by atoms with Crippen molar-refractivity contribution in [1.29, 1.82) is 0 Å². The normalized spacial score (nSPS) is 14.2. The molecule has 0 N–H and O–H groups in total. The summed E-state index contributed by atoms with van der Waals surface area (Å²) in [6.07, 6.45) is 0. The first-order valence-electron chi connectivity index (χ1n) is 8.80. The number of hydrogen-bond acceptors (Lipinski definition) is 7. The molecule has 1 amide bonds. The highest BCUT2D eigenvalue weighted by Gasteiger charge is 2.22. The van der Waals surface area contributed by atoms with Crippen LogP contribution in [-0.2, 0) is 11.8 Å². The van der Waals surface area contributed by atoms with E-state index < -0.39 is 4.92 Å². The summed E-state index contributed by atoms with van der Waals surface area (Å²) >= 11 is 1.26. The summed E-state index contributed by atoms with van der Waals surface area (Å²) in [6.45, 7) is 4.24. The summed E-state index contributed by atoms with van der Waals surface area (Å²) in [5.74, 6) is 0.227. The second-order valence-electron chi connectivity index (χ2n) is 6.51. The fourth-order valence-corrected chi connectivity index (χ4v) is 3.90. The maximum absolute atomic E-state index is 12.5. The summed E-state index contributed by atoms with van der Waals surface area (Å²) in [4.78, 5) is 42.9. The number of carbonyl (C=O) groups excluding carboxylic acids is 1. The van der Waals surface area contributed by atoms with Crippen LogP contribution in [0.25, 0.3) is 0 Å². The molecule has 0 spiro atoms. The van der Waals surface area contributed by atoms with Gasteiger partial charge in [-0.05, 0) is 19.1 Å². The number of nitro groups is 1. The third-order valence-electron chi connectivity index (χ3n) is 4.60. The molecule has 1 fully saturated rings. The number of amides is 1. The van der Waals surface area contributed by atoms with Crippen molar-refractivity contribution >= 4 is 29.0 Å². The number of rotatable bonds is 5. The number of piperazine rings is 1. The molecule has 9 nitrogen and oxygen atoms in total. The van der Waals surface area contributed by atoms with Crippen LogP contribution in [0.2, 0.25) is 0 Å². The zero-order chi connectivity index (χ0) is 20.3. The van der Waals surface area contributed by atoms with E-state index in [0.29, 0.717) is 37.0 Å². The molecule has 0 radical (unpaired) electrons.